The first-order valence-corrected chi connectivity index (χ1v) is 6.55. The van der Waals surface area contributed by atoms with Gasteiger partial charge in [-0.05, 0) is 24.1 Å². The van der Waals surface area contributed by atoms with E-state index >= 15 is 0 Å². The van der Waals surface area contributed by atoms with Gasteiger partial charge in [0.25, 0.3) is 5.91 Å². The van der Waals surface area contributed by atoms with E-state index in [1.165, 1.54) is 5.56 Å². The minimum atomic E-state index is -0.486. The third-order valence-electron chi connectivity index (χ3n) is 3.33. The molecule has 1 aromatic carbocycles. The molecule has 0 unspecified atom stereocenters. The van der Waals surface area contributed by atoms with Crippen LogP contribution >= 0.6 is 0 Å². The summed E-state index contributed by atoms with van der Waals surface area (Å²) in [5.74, 6) is 0.373. The molecule has 2 heterocycles. The summed E-state index contributed by atoms with van der Waals surface area (Å²) in [5.41, 5.74) is 7.74. The summed E-state index contributed by atoms with van der Waals surface area (Å²) in [7, 11) is 0. The lowest BCUT2D eigenvalue weighted by Gasteiger charge is -2.01. The molecule has 0 spiro atoms. The molecule has 0 bridgehead atoms. The van der Waals surface area contributed by atoms with E-state index in [4.69, 9.17) is 5.73 Å². The monoisotopic (exact) mass is 265 g/mol. The molecule has 0 saturated carbocycles. The summed E-state index contributed by atoms with van der Waals surface area (Å²) in [6.45, 7) is 0. The van der Waals surface area contributed by atoms with Gasteiger partial charge in [-0.15, -0.1) is 0 Å². The molecule has 0 fully saturated rings. The molecule has 100 valence electrons. The van der Waals surface area contributed by atoms with E-state index in [2.05, 4.69) is 17.1 Å². The molecule has 2 aromatic heterocycles. The van der Waals surface area contributed by atoms with Crippen LogP contribution in [-0.2, 0) is 12.8 Å². The topological polar surface area (TPSA) is 60.4 Å². The van der Waals surface area contributed by atoms with Gasteiger partial charge in [0, 0.05) is 12.6 Å². The van der Waals surface area contributed by atoms with Gasteiger partial charge in [-0.2, -0.15) is 0 Å². The molecule has 4 heteroatoms. The largest absolute Gasteiger partial charge is 0.364 e. The first-order chi connectivity index (χ1) is 9.75. The van der Waals surface area contributed by atoms with Crippen LogP contribution in [0, 0.1) is 0 Å². The fraction of sp³-hybridized carbons (Fsp3) is 0.125. The highest BCUT2D eigenvalue weighted by Crippen LogP contribution is 2.14. The highest BCUT2D eigenvalue weighted by atomic mass is 16.1. The van der Waals surface area contributed by atoms with Gasteiger partial charge in [-0.25, -0.2) is 4.98 Å². The maximum absolute atomic E-state index is 11.4. The van der Waals surface area contributed by atoms with Crippen LogP contribution in [0.1, 0.15) is 21.9 Å². The zero-order valence-electron chi connectivity index (χ0n) is 11.0. The average Bonchev–Trinajstić information content (AvgIpc) is 2.85. The van der Waals surface area contributed by atoms with E-state index in [0.717, 1.165) is 24.2 Å². The number of nitrogens with zero attached hydrogens (tertiary/aromatic N) is 2. The van der Waals surface area contributed by atoms with Crippen molar-refractivity contribution in [1.29, 1.82) is 0 Å². The lowest BCUT2D eigenvalue weighted by Crippen LogP contribution is -2.11. The van der Waals surface area contributed by atoms with Crippen molar-refractivity contribution in [2.45, 2.75) is 12.8 Å². The van der Waals surface area contributed by atoms with Crippen LogP contribution in [0.3, 0.4) is 0 Å². The van der Waals surface area contributed by atoms with Crippen LogP contribution in [0.15, 0.2) is 54.7 Å². The molecule has 0 radical (unpaired) electrons. The van der Waals surface area contributed by atoms with Crippen LogP contribution < -0.4 is 5.73 Å². The maximum atomic E-state index is 11.4. The molecule has 1 amide bonds. The van der Waals surface area contributed by atoms with Crippen LogP contribution in [0.4, 0.5) is 0 Å². The molecule has 0 saturated heterocycles. The van der Waals surface area contributed by atoms with Crippen molar-refractivity contribution < 1.29 is 4.79 Å². The fourth-order valence-electron chi connectivity index (χ4n) is 2.36. The zero-order chi connectivity index (χ0) is 13.9. The minimum Gasteiger partial charge on any atom is -0.364 e. The average molecular weight is 265 g/mol. The van der Waals surface area contributed by atoms with Gasteiger partial charge < -0.3 is 10.1 Å². The van der Waals surface area contributed by atoms with E-state index in [1.54, 1.807) is 0 Å². The predicted molar refractivity (Wildman–Crippen MR) is 77.6 cm³/mol. The molecular formula is C16H15N3O. The van der Waals surface area contributed by atoms with E-state index in [0.29, 0.717) is 5.69 Å². The number of aromatic nitrogens is 2. The number of fused-ring (bicyclic) bond motifs is 1. The van der Waals surface area contributed by atoms with Crippen molar-refractivity contribution in [3.8, 4) is 0 Å². The highest BCUT2D eigenvalue weighted by Gasteiger charge is 2.14. The van der Waals surface area contributed by atoms with Gasteiger partial charge >= 0.3 is 0 Å². The number of carbonyl (C=O) groups is 1. The second-order valence-electron chi connectivity index (χ2n) is 4.68. The SMILES string of the molecule is NC(=O)c1nc(CCc2ccccc2)n2ccccc12. The molecule has 0 aliphatic rings. The van der Waals surface area contributed by atoms with Crippen molar-refractivity contribution in [1.82, 2.24) is 9.38 Å². The van der Waals surface area contributed by atoms with E-state index in [9.17, 15) is 4.79 Å². The highest BCUT2D eigenvalue weighted by molar-refractivity contribution is 5.97. The molecule has 0 aliphatic heterocycles. The van der Waals surface area contributed by atoms with Gasteiger partial charge in [0.05, 0.1) is 5.52 Å². The number of primary amides is 1. The summed E-state index contributed by atoms with van der Waals surface area (Å²) in [6, 6.07) is 15.9. The number of nitrogens with two attached hydrogens (primary N) is 1. The fourth-order valence-corrected chi connectivity index (χ4v) is 2.36. The standard InChI is InChI=1S/C16H15N3O/c17-16(20)15-13-8-4-5-11-19(13)14(18-15)10-9-12-6-2-1-3-7-12/h1-8,11H,9-10H2,(H2,17,20). The quantitative estimate of drug-likeness (QED) is 0.786. The Balaban J connectivity index is 1.94. The lowest BCUT2D eigenvalue weighted by molar-refractivity contribution is 0.0997. The number of benzene rings is 1. The molecule has 20 heavy (non-hydrogen) atoms. The Bertz CT molecular complexity index is 747. The summed E-state index contributed by atoms with van der Waals surface area (Å²) in [4.78, 5) is 15.8. The van der Waals surface area contributed by atoms with Crippen molar-refractivity contribution in [2.24, 2.45) is 5.73 Å². The number of aryl methyl sites for hydroxylation is 2. The van der Waals surface area contributed by atoms with Gasteiger partial charge in [0.1, 0.15) is 5.82 Å². The summed E-state index contributed by atoms with van der Waals surface area (Å²) in [5, 5.41) is 0. The Morgan fingerprint density at radius 2 is 1.80 bits per heavy atom. The smallest absolute Gasteiger partial charge is 0.269 e. The molecule has 0 atom stereocenters. The third kappa shape index (κ3) is 2.28. The van der Waals surface area contributed by atoms with Crippen molar-refractivity contribution in [3.63, 3.8) is 0 Å². The molecule has 3 rings (SSSR count). The maximum Gasteiger partial charge on any atom is 0.269 e. The normalized spacial score (nSPS) is 10.8. The second-order valence-corrected chi connectivity index (χ2v) is 4.68. The Morgan fingerprint density at radius 1 is 1.05 bits per heavy atom. The molecular weight excluding hydrogens is 250 g/mol. The van der Waals surface area contributed by atoms with Crippen LogP contribution in [-0.4, -0.2) is 15.3 Å². The number of hydrogen-bond acceptors (Lipinski definition) is 2. The van der Waals surface area contributed by atoms with Crippen molar-refractivity contribution in [3.05, 3.63) is 71.8 Å². The number of amides is 1. The Kier molecular flexibility index (Phi) is 3.21. The first-order valence-electron chi connectivity index (χ1n) is 6.55. The third-order valence-corrected chi connectivity index (χ3v) is 3.33. The van der Waals surface area contributed by atoms with E-state index < -0.39 is 5.91 Å². The number of rotatable bonds is 4. The van der Waals surface area contributed by atoms with Crippen LogP contribution in [0.2, 0.25) is 0 Å². The summed E-state index contributed by atoms with van der Waals surface area (Å²) < 4.78 is 1.93. The number of imidazole rings is 1. The molecule has 2 N–H and O–H groups in total. The molecule has 4 nitrogen and oxygen atoms in total. The summed E-state index contributed by atoms with van der Waals surface area (Å²) in [6.07, 6.45) is 3.56. The first kappa shape index (κ1) is 12.4. The van der Waals surface area contributed by atoms with Crippen molar-refractivity contribution >= 4 is 11.4 Å². The minimum absolute atomic E-state index is 0.341. The van der Waals surface area contributed by atoms with Gasteiger partial charge in [-0.1, -0.05) is 36.4 Å². The van der Waals surface area contributed by atoms with Crippen LogP contribution in [0.5, 0.6) is 0 Å². The lowest BCUT2D eigenvalue weighted by atomic mass is 10.1. The number of hydrogen-bond donors (Lipinski definition) is 1. The summed E-state index contributed by atoms with van der Waals surface area (Å²) >= 11 is 0. The Hall–Kier alpha value is -2.62. The predicted octanol–water partition coefficient (Wildman–Crippen LogP) is 2.22. The number of pyridine rings is 1. The van der Waals surface area contributed by atoms with Crippen LogP contribution in [0.25, 0.3) is 5.52 Å². The van der Waals surface area contributed by atoms with Gasteiger partial charge in [0.15, 0.2) is 5.69 Å². The Labute approximate surface area is 116 Å². The Morgan fingerprint density at radius 3 is 2.55 bits per heavy atom. The van der Waals surface area contributed by atoms with E-state index in [1.807, 2.05) is 47.0 Å². The second kappa shape index (κ2) is 5.17. The van der Waals surface area contributed by atoms with Gasteiger partial charge in [0.2, 0.25) is 0 Å². The number of carbonyl (C=O) groups excluding carboxylic acids is 1. The van der Waals surface area contributed by atoms with E-state index in [-0.39, 0.29) is 0 Å². The zero-order valence-corrected chi connectivity index (χ0v) is 11.0. The van der Waals surface area contributed by atoms with Gasteiger partial charge in [-0.3, -0.25) is 4.79 Å². The molecule has 3 aromatic rings. The molecule has 0 aliphatic carbocycles. The van der Waals surface area contributed by atoms with Crippen molar-refractivity contribution in [2.75, 3.05) is 0 Å².